The van der Waals surface area contributed by atoms with E-state index in [1.165, 1.54) is 44.1 Å². The van der Waals surface area contributed by atoms with Gasteiger partial charge in [0.2, 0.25) is 0 Å². The van der Waals surface area contributed by atoms with Crippen LogP contribution in [0.1, 0.15) is 61.6 Å². The number of pyridine rings is 1. The minimum atomic E-state index is 0.637. The molecule has 2 aliphatic carbocycles. The number of nitrogens with two attached hydrogens (primary N) is 1. The van der Waals surface area contributed by atoms with Crippen LogP contribution in [0.3, 0.4) is 0 Å². The van der Waals surface area contributed by atoms with Crippen LogP contribution in [0.2, 0.25) is 0 Å². The highest BCUT2D eigenvalue weighted by molar-refractivity contribution is 5.48. The normalized spacial score (nSPS) is 22.1. The molecule has 0 amide bonds. The number of hydrogen-bond donors (Lipinski definition) is 1. The fraction of sp³-hybridized carbons (Fsp3) is 0.615. The van der Waals surface area contributed by atoms with Crippen LogP contribution in [0.5, 0.6) is 0 Å². The van der Waals surface area contributed by atoms with Crippen LogP contribution in [0.4, 0.5) is 5.69 Å². The van der Waals surface area contributed by atoms with Crippen LogP contribution in [0.15, 0.2) is 12.3 Å². The SMILES string of the molecule is Nc1cc(C2CC2)cnc1C1CCCC1. The molecule has 1 aromatic rings. The van der Waals surface area contributed by atoms with Gasteiger partial charge in [0.15, 0.2) is 0 Å². The molecular weight excluding hydrogens is 184 g/mol. The molecule has 0 spiro atoms. The molecule has 2 saturated carbocycles. The van der Waals surface area contributed by atoms with Crippen LogP contribution >= 0.6 is 0 Å². The van der Waals surface area contributed by atoms with Gasteiger partial charge < -0.3 is 5.73 Å². The Balaban J connectivity index is 1.87. The van der Waals surface area contributed by atoms with E-state index in [1.54, 1.807) is 0 Å². The van der Waals surface area contributed by atoms with E-state index in [9.17, 15) is 0 Å². The fourth-order valence-electron chi connectivity index (χ4n) is 2.69. The molecule has 2 heteroatoms. The molecule has 0 unspecified atom stereocenters. The number of nitrogens with zero attached hydrogens (tertiary/aromatic N) is 1. The van der Waals surface area contributed by atoms with Crippen LogP contribution in [0.25, 0.3) is 0 Å². The molecule has 2 aliphatic rings. The maximum Gasteiger partial charge on any atom is 0.0663 e. The lowest BCUT2D eigenvalue weighted by molar-refractivity contribution is 0.699. The van der Waals surface area contributed by atoms with E-state index in [0.29, 0.717) is 5.92 Å². The molecule has 0 aliphatic heterocycles. The largest absolute Gasteiger partial charge is 0.397 e. The maximum atomic E-state index is 6.10. The van der Waals surface area contributed by atoms with Crippen molar-refractivity contribution in [3.8, 4) is 0 Å². The third kappa shape index (κ3) is 1.73. The highest BCUT2D eigenvalue weighted by Crippen LogP contribution is 2.42. The predicted octanol–water partition coefficient (Wildman–Crippen LogP) is 3.20. The first-order chi connectivity index (χ1) is 7.34. The molecular formula is C13H18N2. The fourth-order valence-corrected chi connectivity index (χ4v) is 2.69. The van der Waals surface area contributed by atoms with Crippen molar-refractivity contribution < 1.29 is 0 Å². The van der Waals surface area contributed by atoms with Crippen LogP contribution in [0, 0.1) is 0 Å². The summed E-state index contributed by atoms with van der Waals surface area (Å²) in [5, 5.41) is 0. The molecule has 1 heterocycles. The van der Waals surface area contributed by atoms with Gasteiger partial charge in [-0.2, -0.15) is 0 Å². The van der Waals surface area contributed by atoms with Crippen molar-refractivity contribution in [3.63, 3.8) is 0 Å². The van der Waals surface area contributed by atoms with Gasteiger partial charge in [-0.1, -0.05) is 12.8 Å². The Hall–Kier alpha value is -1.05. The van der Waals surface area contributed by atoms with Gasteiger partial charge in [0.05, 0.1) is 11.4 Å². The van der Waals surface area contributed by atoms with Crippen molar-refractivity contribution in [2.24, 2.45) is 0 Å². The Bertz CT molecular complexity index is 363. The molecule has 0 atom stereocenters. The Labute approximate surface area is 90.9 Å². The lowest BCUT2D eigenvalue weighted by Gasteiger charge is -2.12. The average Bonchev–Trinajstić information content (AvgIpc) is 2.95. The zero-order chi connectivity index (χ0) is 10.3. The Morgan fingerprint density at radius 3 is 2.40 bits per heavy atom. The summed E-state index contributed by atoms with van der Waals surface area (Å²) in [6.45, 7) is 0. The third-order valence-electron chi connectivity index (χ3n) is 3.76. The number of anilines is 1. The second kappa shape index (κ2) is 3.51. The summed E-state index contributed by atoms with van der Waals surface area (Å²) >= 11 is 0. The molecule has 0 bridgehead atoms. The lowest BCUT2D eigenvalue weighted by Crippen LogP contribution is -2.03. The van der Waals surface area contributed by atoms with E-state index in [4.69, 9.17) is 5.73 Å². The van der Waals surface area contributed by atoms with Crippen molar-refractivity contribution in [2.45, 2.75) is 50.4 Å². The molecule has 2 N–H and O–H groups in total. The first-order valence-corrected chi connectivity index (χ1v) is 6.10. The summed E-state index contributed by atoms with van der Waals surface area (Å²) in [6, 6.07) is 2.16. The quantitative estimate of drug-likeness (QED) is 0.799. The van der Waals surface area contributed by atoms with Gasteiger partial charge in [0, 0.05) is 12.1 Å². The van der Waals surface area contributed by atoms with Crippen LogP contribution in [-0.4, -0.2) is 4.98 Å². The molecule has 1 aromatic heterocycles. The Morgan fingerprint density at radius 2 is 1.80 bits per heavy atom. The van der Waals surface area contributed by atoms with E-state index in [2.05, 4.69) is 17.2 Å². The molecule has 3 rings (SSSR count). The molecule has 0 radical (unpaired) electrons. The van der Waals surface area contributed by atoms with E-state index < -0.39 is 0 Å². The molecule has 2 nitrogen and oxygen atoms in total. The first-order valence-electron chi connectivity index (χ1n) is 6.10. The minimum Gasteiger partial charge on any atom is -0.397 e. The van der Waals surface area contributed by atoms with E-state index in [1.807, 2.05) is 0 Å². The summed E-state index contributed by atoms with van der Waals surface area (Å²) < 4.78 is 0. The third-order valence-corrected chi connectivity index (χ3v) is 3.76. The molecule has 80 valence electrons. The van der Waals surface area contributed by atoms with Gasteiger partial charge in [-0.05, 0) is 43.2 Å². The second-order valence-corrected chi connectivity index (χ2v) is 5.00. The lowest BCUT2D eigenvalue weighted by atomic mass is 10.0. The van der Waals surface area contributed by atoms with E-state index in [0.717, 1.165) is 17.3 Å². The summed E-state index contributed by atoms with van der Waals surface area (Å²) in [5.41, 5.74) is 9.56. The zero-order valence-corrected chi connectivity index (χ0v) is 9.08. The van der Waals surface area contributed by atoms with Crippen LogP contribution < -0.4 is 5.73 Å². The van der Waals surface area contributed by atoms with E-state index >= 15 is 0 Å². The zero-order valence-electron chi connectivity index (χ0n) is 9.08. The topological polar surface area (TPSA) is 38.9 Å². The number of rotatable bonds is 2. The molecule has 0 saturated heterocycles. The van der Waals surface area contributed by atoms with Crippen molar-refractivity contribution in [1.29, 1.82) is 0 Å². The van der Waals surface area contributed by atoms with Crippen molar-refractivity contribution in [3.05, 3.63) is 23.5 Å². The predicted molar refractivity (Wildman–Crippen MR) is 61.8 cm³/mol. The average molecular weight is 202 g/mol. The molecule has 0 aromatic carbocycles. The number of hydrogen-bond acceptors (Lipinski definition) is 2. The monoisotopic (exact) mass is 202 g/mol. The summed E-state index contributed by atoms with van der Waals surface area (Å²) in [5.74, 6) is 1.40. The first kappa shape index (κ1) is 9.20. The highest BCUT2D eigenvalue weighted by Gasteiger charge is 2.26. The summed E-state index contributed by atoms with van der Waals surface area (Å²) in [6.07, 6.45) is 9.95. The van der Waals surface area contributed by atoms with Gasteiger partial charge in [0.1, 0.15) is 0 Å². The van der Waals surface area contributed by atoms with Gasteiger partial charge in [-0.3, -0.25) is 4.98 Å². The number of nitrogen functional groups attached to an aromatic ring is 1. The smallest absolute Gasteiger partial charge is 0.0663 e. The number of aromatic nitrogens is 1. The molecule has 2 fully saturated rings. The van der Waals surface area contributed by atoms with Gasteiger partial charge >= 0.3 is 0 Å². The standard InChI is InChI=1S/C13H18N2/c14-12-7-11(9-5-6-9)8-15-13(12)10-3-1-2-4-10/h7-10H,1-6,14H2. The summed E-state index contributed by atoms with van der Waals surface area (Å²) in [7, 11) is 0. The van der Waals surface area contributed by atoms with Crippen molar-refractivity contribution in [2.75, 3.05) is 5.73 Å². The summed E-state index contributed by atoms with van der Waals surface area (Å²) in [4.78, 5) is 4.60. The maximum absolute atomic E-state index is 6.10. The second-order valence-electron chi connectivity index (χ2n) is 5.00. The molecule has 15 heavy (non-hydrogen) atoms. The minimum absolute atomic E-state index is 0.637. The Kier molecular flexibility index (Phi) is 2.15. The Morgan fingerprint density at radius 1 is 1.07 bits per heavy atom. The van der Waals surface area contributed by atoms with Crippen LogP contribution in [-0.2, 0) is 0 Å². The van der Waals surface area contributed by atoms with Crippen molar-refractivity contribution >= 4 is 5.69 Å². The van der Waals surface area contributed by atoms with Gasteiger partial charge in [-0.25, -0.2) is 0 Å². The highest BCUT2D eigenvalue weighted by atomic mass is 14.7. The van der Waals surface area contributed by atoms with Gasteiger partial charge in [0.25, 0.3) is 0 Å². The van der Waals surface area contributed by atoms with E-state index in [-0.39, 0.29) is 0 Å². The van der Waals surface area contributed by atoms with Crippen molar-refractivity contribution in [1.82, 2.24) is 4.98 Å². The van der Waals surface area contributed by atoms with Gasteiger partial charge in [-0.15, -0.1) is 0 Å².